The van der Waals surface area contributed by atoms with Gasteiger partial charge in [0.2, 0.25) is 5.91 Å². The Hall–Kier alpha value is -0.610. The highest BCUT2D eigenvalue weighted by Crippen LogP contribution is 2.35. The number of carbonyl (C=O) groups excluding carboxylic acids is 1. The number of rotatable bonds is 1. The monoisotopic (exact) mass is 224 g/mol. The molecule has 0 aromatic rings. The molecule has 3 fully saturated rings. The van der Waals surface area contributed by atoms with Crippen molar-refractivity contribution in [1.82, 2.24) is 10.2 Å². The van der Waals surface area contributed by atoms with E-state index >= 15 is 0 Å². The van der Waals surface area contributed by atoms with Gasteiger partial charge in [-0.3, -0.25) is 4.79 Å². The molecule has 90 valence electrons. The molecule has 4 heteroatoms. The number of nitrogens with one attached hydrogen (secondary N) is 1. The SMILES string of the molecule is O=C1COC2(CCCNCC2)CN1C1CC1. The lowest BCUT2D eigenvalue weighted by atomic mass is 9.92. The van der Waals surface area contributed by atoms with E-state index in [1.165, 1.54) is 12.8 Å². The highest BCUT2D eigenvalue weighted by Gasteiger charge is 2.44. The Labute approximate surface area is 96.3 Å². The average molecular weight is 224 g/mol. The molecule has 16 heavy (non-hydrogen) atoms. The van der Waals surface area contributed by atoms with Gasteiger partial charge in [0.05, 0.1) is 12.1 Å². The number of carbonyl (C=O) groups is 1. The Kier molecular flexibility index (Phi) is 2.64. The lowest BCUT2D eigenvalue weighted by Crippen LogP contribution is -2.55. The van der Waals surface area contributed by atoms with Crippen molar-refractivity contribution in [3.8, 4) is 0 Å². The molecule has 2 aliphatic heterocycles. The van der Waals surface area contributed by atoms with Crippen LogP contribution in [0.4, 0.5) is 0 Å². The Morgan fingerprint density at radius 3 is 3.00 bits per heavy atom. The molecular weight excluding hydrogens is 204 g/mol. The predicted molar refractivity (Wildman–Crippen MR) is 60.1 cm³/mol. The molecule has 2 heterocycles. The molecule has 1 spiro atoms. The van der Waals surface area contributed by atoms with Crippen molar-refractivity contribution < 1.29 is 9.53 Å². The number of hydrogen-bond donors (Lipinski definition) is 1. The van der Waals surface area contributed by atoms with Crippen molar-refractivity contribution in [2.45, 2.75) is 43.7 Å². The summed E-state index contributed by atoms with van der Waals surface area (Å²) >= 11 is 0. The predicted octanol–water partition coefficient (Wildman–Crippen LogP) is 0.520. The Balaban J connectivity index is 1.72. The first kappa shape index (κ1) is 10.5. The standard InChI is InChI=1S/C12H20N2O2/c15-11-8-16-12(4-1-6-13-7-5-12)9-14(11)10-2-3-10/h10,13H,1-9H2. The molecule has 3 aliphatic rings. The van der Waals surface area contributed by atoms with Crippen molar-refractivity contribution in [2.24, 2.45) is 0 Å². The van der Waals surface area contributed by atoms with E-state index in [4.69, 9.17) is 4.74 Å². The number of ether oxygens (including phenoxy) is 1. The maximum Gasteiger partial charge on any atom is 0.248 e. The van der Waals surface area contributed by atoms with Crippen LogP contribution in [0.5, 0.6) is 0 Å². The molecular formula is C12H20N2O2. The van der Waals surface area contributed by atoms with E-state index in [0.29, 0.717) is 12.6 Å². The van der Waals surface area contributed by atoms with Crippen molar-refractivity contribution in [3.63, 3.8) is 0 Å². The summed E-state index contributed by atoms with van der Waals surface area (Å²) < 4.78 is 5.88. The van der Waals surface area contributed by atoms with Crippen molar-refractivity contribution in [2.75, 3.05) is 26.2 Å². The quantitative estimate of drug-likeness (QED) is 0.706. The largest absolute Gasteiger partial charge is 0.363 e. The molecule has 4 nitrogen and oxygen atoms in total. The lowest BCUT2D eigenvalue weighted by molar-refractivity contribution is -0.166. The fraction of sp³-hybridized carbons (Fsp3) is 0.917. The van der Waals surface area contributed by atoms with Crippen LogP contribution in [0.15, 0.2) is 0 Å². The first-order valence-electron chi connectivity index (χ1n) is 6.43. The van der Waals surface area contributed by atoms with Crippen LogP contribution in [0.2, 0.25) is 0 Å². The van der Waals surface area contributed by atoms with Gasteiger partial charge in [-0.1, -0.05) is 0 Å². The van der Waals surface area contributed by atoms with E-state index in [1.54, 1.807) is 0 Å². The molecule has 0 bridgehead atoms. The van der Waals surface area contributed by atoms with Gasteiger partial charge in [-0.15, -0.1) is 0 Å². The van der Waals surface area contributed by atoms with Gasteiger partial charge >= 0.3 is 0 Å². The first-order chi connectivity index (χ1) is 7.79. The van der Waals surface area contributed by atoms with Crippen LogP contribution in [-0.2, 0) is 9.53 Å². The van der Waals surface area contributed by atoms with E-state index in [9.17, 15) is 4.79 Å². The number of hydrogen-bond acceptors (Lipinski definition) is 3. The Morgan fingerprint density at radius 1 is 1.31 bits per heavy atom. The third kappa shape index (κ3) is 1.96. The fourth-order valence-corrected chi connectivity index (χ4v) is 2.87. The summed E-state index contributed by atoms with van der Waals surface area (Å²) in [5.41, 5.74) is -0.0417. The molecule has 1 amide bonds. The highest BCUT2D eigenvalue weighted by atomic mass is 16.5. The molecule has 1 unspecified atom stereocenters. The maximum absolute atomic E-state index is 11.8. The van der Waals surface area contributed by atoms with Crippen LogP contribution < -0.4 is 5.32 Å². The minimum atomic E-state index is -0.0417. The number of nitrogens with zero attached hydrogens (tertiary/aromatic N) is 1. The zero-order valence-corrected chi connectivity index (χ0v) is 9.71. The smallest absolute Gasteiger partial charge is 0.248 e. The third-order valence-electron chi connectivity index (χ3n) is 4.01. The van der Waals surface area contributed by atoms with Crippen molar-refractivity contribution >= 4 is 5.91 Å². The summed E-state index contributed by atoms with van der Waals surface area (Å²) in [5, 5.41) is 3.41. The van der Waals surface area contributed by atoms with Crippen molar-refractivity contribution in [1.29, 1.82) is 0 Å². The van der Waals surface area contributed by atoms with E-state index in [-0.39, 0.29) is 11.5 Å². The molecule has 1 atom stereocenters. The third-order valence-corrected chi connectivity index (χ3v) is 4.01. The van der Waals surface area contributed by atoms with Crippen LogP contribution >= 0.6 is 0 Å². The summed E-state index contributed by atoms with van der Waals surface area (Å²) in [5.74, 6) is 0.199. The number of amides is 1. The van der Waals surface area contributed by atoms with Gasteiger partial charge in [-0.25, -0.2) is 0 Å². The van der Waals surface area contributed by atoms with Gasteiger partial charge in [-0.05, 0) is 45.2 Å². The van der Waals surface area contributed by atoms with Gasteiger partial charge < -0.3 is 15.0 Å². The molecule has 0 aromatic carbocycles. The summed E-state index contributed by atoms with van der Waals surface area (Å²) in [6, 6.07) is 0.532. The lowest BCUT2D eigenvalue weighted by Gasteiger charge is -2.42. The van der Waals surface area contributed by atoms with Gasteiger partial charge in [-0.2, -0.15) is 0 Å². The topological polar surface area (TPSA) is 41.6 Å². The van der Waals surface area contributed by atoms with Gasteiger partial charge in [0.1, 0.15) is 6.61 Å². The van der Waals surface area contributed by atoms with E-state index in [0.717, 1.165) is 38.9 Å². The summed E-state index contributed by atoms with van der Waals surface area (Å²) in [6.07, 6.45) is 5.69. The Bertz CT molecular complexity index is 281. The highest BCUT2D eigenvalue weighted by molar-refractivity contribution is 5.79. The van der Waals surface area contributed by atoms with Crippen LogP contribution in [0.25, 0.3) is 0 Å². The first-order valence-corrected chi connectivity index (χ1v) is 6.43. The zero-order valence-electron chi connectivity index (χ0n) is 9.71. The second kappa shape index (κ2) is 4.00. The molecule has 1 saturated carbocycles. The van der Waals surface area contributed by atoms with Crippen molar-refractivity contribution in [3.05, 3.63) is 0 Å². The van der Waals surface area contributed by atoms with E-state index in [2.05, 4.69) is 10.2 Å². The van der Waals surface area contributed by atoms with E-state index in [1.807, 2.05) is 0 Å². The zero-order chi connectivity index (χ0) is 11.0. The fourth-order valence-electron chi connectivity index (χ4n) is 2.87. The number of morpholine rings is 1. The molecule has 1 aliphatic carbocycles. The minimum Gasteiger partial charge on any atom is -0.363 e. The van der Waals surface area contributed by atoms with Crippen LogP contribution in [-0.4, -0.2) is 48.7 Å². The van der Waals surface area contributed by atoms with Crippen LogP contribution in [0.3, 0.4) is 0 Å². The second-order valence-corrected chi connectivity index (χ2v) is 5.33. The summed E-state index contributed by atoms with van der Waals surface area (Å²) in [6.45, 7) is 3.24. The normalized spacial score (nSPS) is 36.5. The minimum absolute atomic E-state index is 0.0417. The second-order valence-electron chi connectivity index (χ2n) is 5.33. The maximum atomic E-state index is 11.8. The molecule has 0 radical (unpaired) electrons. The van der Waals surface area contributed by atoms with Gasteiger partial charge in [0, 0.05) is 6.04 Å². The van der Waals surface area contributed by atoms with Gasteiger partial charge in [0.15, 0.2) is 0 Å². The average Bonchev–Trinajstić information content (AvgIpc) is 3.10. The summed E-state index contributed by atoms with van der Waals surface area (Å²) in [4.78, 5) is 13.9. The van der Waals surface area contributed by atoms with Gasteiger partial charge in [0.25, 0.3) is 0 Å². The van der Waals surface area contributed by atoms with E-state index < -0.39 is 0 Å². The van der Waals surface area contributed by atoms with Crippen LogP contribution in [0.1, 0.15) is 32.1 Å². The molecule has 3 rings (SSSR count). The molecule has 1 N–H and O–H groups in total. The summed E-state index contributed by atoms with van der Waals surface area (Å²) in [7, 11) is 0. The molecule has 0 aromatic heterocycles. The molecule has 2 saturated heterocycles. The Morgan fingerprint density at radius 2 is 2.19 bits per heavy atom. The van der Waals surface area contributed by atoms with Crippen LogP contribution in [0, 0.1) is 0 Å².